The summed E-state index contributed by atoms with van der Waals surface area (Å²) in [7, 11) is 0. The molecule has 3 aliphatic heterocycles. The Hall–Kier alpha value is -5.24. The minimum atomic E-state index is -4.83. The van der Waals surface area contributed by atoms with Gasteiger partial charge in [0.05, 0.1) is 36.1 Å². The SMILES string of the molecule is C[C@@H]1CN(CCOc2ccc(N3C(=S)N(c4ccc(C#N)c(C(F)(F)F)c4)C(=O)C3(C)C)cc2CCF)CCN1CC(=O)Cc1cccc(CC2CCC(=O)NC2=O)c1. The number of thiocarbonyl (C=S) groups is 1. The topological polar surface area (TPSA) is 126 Å². The van der Waals surface area contributed by atoms with E-state index in [0.29, 0.717) is 75.6 Å². The van der Waals surface area contributed by atoms with Crippen molar-refractivity contribution in [1.29, 1.82) is 5.26 Å². The maximum absolute atomic E-state index is 13.8. The Balaban J connectivity index is 1.03. The molecule has 16 heteroatoms. The van der Waals surface area contributed by atoms with Gasteiger partial charge in [0.15, 0.2) is 10.9 Å². The second-order valence-corrected chi connectivity index (χ2v) is 16.1. The lowest BCUT2D eigenvalue weighted by atomic mass is 9.90. The highest BCUT2D eigenvalue weighted by Gasteiger charge is 2.51. The zero-order valence-electron chi connectivity index (χ0n) is 33.1. The highest BCUT2D eigenvalue weighted by atomic mass is 32.1. The number of ether oxygens (including phenoxy) is 1. The number of halogens is 4. The summed E-state index contributed by atoms with van der Waals surface area (Å²) < 4.78 is 61.3. The molecule has 3 amide bonds. The number of nitriles is 1. The number of benzene rings is 3. The summed E-state index contributed by atoms with van der Waals surface area (Å²) >= 11 is 5.67. The monoisotopic (exact) mass is 834 g/mol. The highest BCUT2D eigenvalue weighted by molar-refractivity contribution is 7.81. The zero-order chi connectivity index (χ0) is 42.6. The number of aryl methyl sites for hydroxylation is 1. The van der Waals surface area contributed by atoms with Crippen LogP contribution in [0.1, 0.15) is 61.4 Å². The molecular formula is C43H46F4N6O5S. The third-order valence-electron chi connectivity index (χ3n) is 11.1. The number of alkyl halides is 4. The maximum atomic E-state index is 13.8. The Morgan fingerprint density at radius 1 is 1.03 bits per heavy atom. The first-order valence-corrected chi connectivity index (χ1v) is 19.9. The fourth-order valence-electron chi connectivity index (χ4n) is 7.99. The number of amides is 3. The number of rotatable bonds is 14. The van der Waals surface area contributed by atoms with E-state index in [1.54, 1.807) is 32.0 Å². The number of carbonyl (C=O) groups excluding carboxylic acids is 4. The first-order valence-electron chi connectivity index (χ1n) is 19.5. The van der Waals surface area contributed by atoms with Crippen molar-refractivity contribution in [2.45, 2.75) is 70.6 Å². The molecule has 3 aromatic carbocycles. The molecule has 3 heterocycles. The molecule has 3 saturated heterocycles. The summed E-state index contributed by atoms with van der Waals surface area (Å²) in [5, 5.41) is 11.6. The number of nitrogens with one attached hydrogen (secondary N) is 1. The number of ketones is 1. The number of anilines is 2. The number of nitrogens with zero attached hydrogens (tertiary/aromatic N) is 5. The molecule has 11 nitrogen and oxygen atoms in total. The van der Waals surface area contributed by atoms with Gasteiger partial charge in [0, 0.05) is 63.1 Å². The van der Waals surface area contributed by atoms with Crippen molar-refractivity contribution < 1.29 is 41.5 Å². The normalized spacial score (nSPS) is 20.2. The molecule has 6 rings (SSSR count). The van der Waals surface area contributed by atoms with Gasteiger partial charge in [-0.05, 0) is 98.9 Å². The van der Waals surface area contributed by atoms with Crippen LogP contribution in [-0.2, 0) is 44.6 Å². The summed E-state index contributed by atoms with van der Waals surface area (Å²) in [5.74, 6) is -0.777. The fourth-order valence-corrected chi connectivity index (χ4v) is 8.51. The third kappa shape index (κ3) is 9.80. The number of piperidine rings is 1. The Labute approximate surface area is 345 Å². The second kappa shape index (κ2) is 17.9. The molecule has 59 heavy (non-hydrogen) atoms. The van der Waals surface area contributed by atoms with Gasteiger partial charge in [-0.15, -0.1) is 0 Å². The van der Waals surface area contributed by atoms with E-state index in [9.17, 15) is 42.0 Å². The molecule has 0 spiro atoms. The van der Waals surface area contributed by atoms with Crippen LogP contribution in [0.4, 0.5) is 28.9 Å². The number of imide groups is 1. The van der Waals surface area contributed by atoms with Crippen LogP contribution in [0, 0.1) is 17.2 Å². The Morgan fingerprint density at radius 3 is 2.47 bits per heavy atom. The quantitative estimate of drug-likeness (QED) is 0.121. The van der Waals surface area contributed by atoms with Crippen LogP contribution in [0.3, 0.4) is 0 Å². The summed E-state index contributed by atoms with van der Waals surface area (Å²) in [5.41, 5.74) is -0.378. The fraction of sp³-hybridized carbons (Fsp3) is 0.442. The summed E-state index contributed by atoms with van der Waals surface area (Å²) in [6.07, 6.45) is -3.18. The zero-order valence-corrected chi connectivity index (χ0v) is 33.9. The molecule has 0 bridgehead atoms. The lowest BCUT2D eigenvalue weighted by molar-refractivity contribution is -0.138. The van der Waals surface area contributed by atoms with Crippen molar-refractivity contribution in [3.8, 4) is 11.8 Å². The van der Waals surface area contributed by atoms with Crippen molar-refractivity contribution in [1.82, 2.24) is 15.1 Å². The number of Topliss-reactive ketones (excluding diaryl/α,β-unsaturated/α-hetero) is 1. The first-order chi connectivity index (χ1) is 28.0. The molecule has 0 aromatic heterocycles. The van der Waals surface area contributed by atoms with Crippen LogP contribution < -0.4 is 19.9 Å². The highest BCUT2D eigenvalue weighted by Crippen LogP contribution is 2.40. The first kappa shape index (κ1) is 43.3. The molecule has 3 fully saturated rings. The van der Waals surface area contributed by atoms with Gasteiger partial charge >= 0.3 is 6.18 Å². The third-order valence-corrected chi connectivity index (χ3v) is 11.5. The summed E-state index contributed by atoms with van der Waals surface area (Å²) in [6.45, 7) is 7.90. The van der Waals surface area contributed by atoms with Crippen molar-refractivity contribution in [3.05, 3.63) is 88.5 Å². The van der Waals surface area contributed by atoms with Crippen LogP contribution in [-0.4, -0.2) is 96.0 Å². The van der Waals surface area contributed by atoms with Gasteiger partial charge in [0.1, 0.15) is 17.9 Å². The maximum Gasteiger partial charge on any atom is 0.417 e. The standard InChI is InChI=1S/C43H46F4N6O5S/c1-27-25-50(15-16-51(27)26-35(54)21-29-6-4-5-28(19-29)20-31-8-12-38(55)49-39(31)56)17-18-58-37-11-10-34(22-30(37)13-14-44)53-41(59)52(40(57)42(53,2)3)33-9-7-32(24-48)36(23-33)43(45,46)47/h4-7,9-11,19,22-23,27,31H,8,12-18,20-21,25-26H2,1-3H3,(H,49,55,56)/t27-,31?/m1/s1. The van der Waals surface area contributed by atoms with Gasteiger partial charge in [0.2, 0.25) is 11.8 Å². The molecule has 1 unspecified atom stereocenters. The minimum Gasteiger partial charge on any atom is -0.492 e. The molecule has 0 saturated carbocycles. The predicted molar refractivity (Wildman–Crippen MR) is 217 cm³/mol. The molecular weight excluding hydrogens is 789 g/mol. The van der Waals surface area contributed by atoms with Gasteiger partial charge in [0.25, 0.3) is 5.91 Å². The van der Waals surface area contributed by atoms with Crippen LogP contribution in [0.2, 0.25) is 0 Å². The Bertz CT molecular complexity index is 2170. The minimum absolute atomic E-state index is 0.0142. The molecule has 3 aromatic rings. The van der Waals surface area contributed by atoms with Crippen molar-refractivity contribution in [3.63, 3.8) is 0 Å². The van der Waals surface area contributed by atoms with E-state index >= 15 is 0 Å². The molecule has 0 radical (unpaired) electrons. The summed E-state index contributed by atoms with van der Waals surface area (Å²) in [4.78, 5) is 57.5. The van der Waals surface area contributed by atoms with Gasteiger partial charge < -0.3 is 9.64 Å². The van der Waals surface area contributed by atoms with Crippen LogP contribution >= 0.6 is 12.2 Å². The molecule has 3 aliphatic rings. The number of hydrogen-bond donors (Lipinski definition) is 1. The van der Waals surface area contributed by atoms with Crippen LogP contribution in [0.25, 0.3) is 0 Å². The lowest BCUT2D eigenvalue weighted by Crippen LogP contribution is -2.53. The predicted octanol–water partition coefficient (Wildman–Crippen LogP) is 5.80. The molecule has 0 aliphatic carbocycles. The van der Waals surface area contributed by atoms with Crippen molar-refractivity contribution in [2.75, 3.05) is 55.8 Å². The van der Waals surface area contributed by atoms with Gasteiger partial charge in [-0.3, -0.25) is 43.6 Å². The van der Waals surface area contributed by atoms with E-state index in [4.69, 9.17) is 17.0 Å². The number of hydrogen-bond acceptors (Lipinski definition) is 9. The average Bonchev–Trinajstić information content (AvgIpc) is 3.35. The average molecular weight is 835 g/mol. The van der Waals surface area contributed by atoms with Crippen molar-refractivity contribution in [2.24, 2.45) is 5.92 Å². The number of piperazine rings is 1. The summed E-state index contributed by atoms with van der Waals surface area (Å²) in [6, 6.07) is 17.4. The van der Waals surface area contributed by atoms with Gasteiger partial charge in [-0.1, -0.05) is 24.3 Å². The van der Waals surface area contributed by atoms with E-state index in [2.05, 4.69) is 22.0 Å². The van der Waals surface area contributed by atoms with E-state index in [0.717, 1.165) is 28.2 Å². The smallest absolute Gasteiger partial charge is 0.417 e. The second-order valence-electron chi connectivity index (χ2n) is 15.7. The van der Waals surface area contributed by atoms with Crippen molar-refractivity contribution >= 4 is 52.2 Å². The largest absolute Gasteiger partial charge is 0.492 e. The van der Waals surface area contributed by atoms with Crippen LogP contribution in [0.5, 0.6) is 5.75 Å². The Morgan fingerprint density at radius 2 is 1.78 bits per heavy atom. The molecule has 312 valence electrons. The van der Waals surface area contributed by atoms with E-state index < -0.39 is 35.4 Å². The van der Waals surface area contributed by atoms with Crippen LogP contribution in [0.15, 0.2) is 60.7 Å². The molecule has 2 atom stereocenters. The number of carbonyl (C=O) groups is 4. The lowest BCUT2D eigenvalue weighted by Gasteiger charge is -2.39. The van der Waals surface area contributed by atoms with E-state index in [1.807, 2.05) is 24.3 Å². The van der Waals surface area contributed by atoms with E-state index in [1.165, 1.54) is 17.0 Å². The van der Waals surface area contributed by atoms with Gasteiger partial charge in [-0.2, -0.15) is 18.4 Å². The Kier molecular flexibility index (Phi) is 13.2. The van der Waals surface area contributed by atoms with Gasteiger partial charge in [-0.25, -0.2) is 0 Å². The van der Waals surface area contributed by atoms with E-state index in [-0.39, 0.29) is 53.2 Å². The molecule has 1 N–H and O–H groups in total.